The van der Waals surface area contributed by atoms with Crippen LogP contribution in [0.4, 0.5) is 5.82 Å². The van der Waals surface area contributed by atoms with Crippen LogP contribution in [0.5, 0.6) is 5.88 Å². The van der Waals surface area contributed by atoms with Crippen LogP contribution in [-0.2, 0) is 57.2 Å². The Morgan fingerprint density at radius 2 is 1.33 bits per heavy atom. The number of morpholine rings is 1. The van der Waals surface area contributed by atoms with Crippen molar-refractivity contribution in [1.82, 2.24) is 14.1 Å². The van der Waals surface area contributed by atoms with Crippen molar-refractivity contribution in [3.63, 3.8) is 0 Å². The lowest BCUT2D eigenvalue weighted by Gasteiger charge is -2.28. The van der Waals surface area contributed by atoms with Gasteiger partial charge in [-0.2, -0.15) is 4.37 Å². The van der Waals surface area contributed by atoms with Gasteiger partial charge in [0.15, 0.2) is 24.4 Å². The molecule has 1 aliphatic rings. The van der Waals surface area contributed by atoms with Crippen LogP contribution in [0.2, 0.25) is 0 Å². The van der Waals surface area contributed by atoms with E-state index in [0.717, 1.165) is 25.6 Å². The fourth-order valence-corrected chi connectivity index (χ4v) is 4.10. The average molecular weight is 703 g/mol. The van der Waals surface area contributed by atoms with Gasteiger partial charge in [-0.3, -0.25) is 0 Å². The Bertz CT molecular complexity index is 1310. The molecule has 0 saturated carbocycles. The zero-order valence-electron chi connectivity index (χ0n) is 27.8. The number of carboxylic acids is 1. The summed E-state index contributed by atoms with van der Waals surface area (Å²) in [4.78, 5) is 74.1. The number of hydrogen-bond acceptors (Lipinski definition) is 18. The van der Waals surface area contributed by atoms with E-state index >= 15 is 0 Å². The molecule has 0 radical (unpaired) electrons. The number of carbonyl (C=O) groups is 6. The number of carbonyl (C=O) groups excluding carboxylic acids is 5. The number of ether oxygens (including phenoxy) is 7. The molecule has 48 heavy (non-hydrogen) atoms. The van der Waals surface area contributed by atoms with E-state index < -0.39 is 66.3 Å². The highest BCUT2D eigenvalue weighted by molar-refractivity contribution is 6.99. The molecule has 5 atom stereocenters. The van der Waals surface area contributed by atoms with Crippen LogP contribution in [-0.4, -0.2) is 125 Å². The third-order valence-corrected chi connectivity index (χ3v) is 6.67. The number of nitrogens with zero attached hydrogens (tertiary/aromatic N) is 3. The maximum absolute atomic E-state index is 12.9. The number of carboxylic acid groups (broad SMARTS) is 1. The third kappa shape index (κ3) is 14.2. The Morgan fingerprint density at radius 1 is 0.833 bits per heavy atom. The van der Waals surface area contributed by atoms with Crippen LogP contribution < -0.4 is 15.0 Å². The molecule has 0 aromatic carbocycles. The summed E-state index contributed by atoms with van der Waals surface area (Å²) < 4.78 is 45.1. The van der Waals surface area contributed by atoms with E-state index in [-0.39, 0.29) is 24.6 Å². The molecule has 2 rings (SSSR count). The molecular formula is C29H42N4O14S. The number of aliphatic carboxylic acids is 1. The summed E-state index contributed by atoms with van der Waals surface area (Å²) in [5.41, 5.74) is -0.323. The van der Waals surface area contributed by atoms with E-state index in [1.54, 1.807) is 0 Å². The van der Waals surface area contributed by atoms with Crippen molar-refractivity contribution in [2.45, 2.75) is 84.5 Å². The van der Waals surface area contributed by atoms with Crippen LogP contribution >= 0.6 is 11.7 Å². The normalized spacial score (nSPS) is 16.5. The molecule has 1 aliphatic heterocycles. The molecule has 0 bridgehead atoms. The SMILES string of the molecule is C[C@H](OC(=O)/C=C\C(=O)O)C(=O)O[C@@H](C)C(=O)O[C@@H](C)C(=O)O[C@@H](C)C(=O)O[C@@H](CNC(C)(C)C)COc1nsnc1N1CCOCC1. The quantitative estimate of drug-likeness (QED) is 0.127. The minimum Gasteiger partial charge on any atom is -0.478 e. The van der Waals surface area contributed by atoms with E-state index in [4.69, 9.17) is 38.3 Å². The molecule has 0 unspecified atom stereocenters. The summed E-state index contributed by atoms with van der Waals surface area (Å²) in [7, 11) is 0. The molecule has 1 saturated heterocycles. The molecule has 1 fully saturated rings. The topological polar surface area (TPSA) is 228 Å². The molecule has 0 amide bonds. The van der Waals surface area contributed by atoms with Crippen molar-refractivity contribution in [2.24, 2.45) is 0 Å². The van der Waals surface area contributed by atoms with Gasteiger partial charge in [-0.1, -0.05) is 0 Å². The predicted molar refractivity (Wildman–Crippen MR) is 165 cm³/mol. The van der Waals surface area contributed by atoms with Crippen LogP contribution in [0.3, 0.4) is 0 Å². The standard InChI is InChI=1S/C29H42N4O14S/c1-16(43-22(36)9-8-21(34)35)25(37)44-17(2)26(38)45-18(3)27(39)46-19(4)28(40)47-20(14-30-29(5,6)7)15-42-24-23(31-48-32-24)33-10-12-41-13-11-33/h8-9,16-20,30H,10-15H2,1-7H3,(H,34,35)/b9-8-/t16-,17-,18-,19-,20-/m0/s1. The first-order valence-electron chi connectivity index (χ1n) is 14.9. The first kappa shape index (κ1) is 39.8. The van der Waals surface area contributed by atoms with Crippen LogP contribution in [0.25, 0.3) is 0 Å². The third-order valence-electron chi connectivity index (χ3n) is 6.16. The number of nitrogens with one attached hydrogen (secondary N) is 1. The van der Waals surface area contributed by atoms with E-state index in [9.17, 15) is 28.8 Å². The Morgan fingerprint density at radius 3 is 1.83 bits per heavy atom. The molecule has 1 aromatic heterocycles. The molecule has 2 heterocycles. The zero-order chi connectivity index (χ0) is 36.0. The van der Waals surface area contributed by atoms with E-state index in [1.807, 2.05) is 25.7 Å². The summed E-state index contributed by atoms with van der Waals surface area (Å²) in [5, 5.41) is 11.8. The second-order valence-electron chi connectivity index (χ2n) is 11.5. The summed E-state index contributed by atoms with van der Waals surface area (Å²) in [6.07, 6.45) is -5.64. The number of anilines is 1. The highest BCUT2D eigenvalue weighted by Crippen LogP contribution is 2.26. The Kier molecular flexibility index (Phi) is 15.6. The lowest BCUT2D eigenvalue weighted by atomic mass is 10.1. The molecule has 0 spiro atoms. The largest absolute Gasteiger partial charge is 0.478 e. The predicted octanol–water partition coefficient (Wildman–Crippen LogP) is 0.421. The minimum atomic E-state index is -1.53. The van der Waals surface area contributed by atoms with Gasteiger partial charge in [0.25, 0.3) is 5.88 Å². The number of esters is 5. The zero-order valence-corrected chi connectivity index (χ0v) is 28.6. The van der Waals surface area contributed by atoms with Crippen LogP contribution in [0.15, 0.2) is 12.2 Å². The van der Waals surface area contributed by atoms with Gasteiger partial charge in [-0.25, -0.2) is 28.8 Å². The molecular weight excluding hydrogens is 660 g/mol. The maximum atomic E-state index is 12.9. The van der Waals surface area contributed by atoms with Crippen molar-refractivity contribution in [2.75, 3.05) is 44.4 Å². The first-order valence-corrected chi connectivity index (χ1v) is 15.7. The van der Waals surface area contributed by atoms with E-state index in [1.165, 1.54) is 13.8 Å². The summed E-state index contributed by atoms with van der Waals surface area (Å²) in [5.74, 6) is -5.91. The van der Waals surface area contributed by atoms with E-state index in [0.29, 0.717) is 44.3 Å². The number of rotatable bonds is 17. The highest BCUT2D eigenvalue weighted by Gasteiger charge is 2.31. The van der Waals surface area contributed by atoms with Gasteiger partial charge < -0.3 is 48.5 Å². The number of aromatic nitrogens is 2. The van der Waals surface area contributed by atoms with Gasteiger partial charge >= 0.3 is 35.8 Å². The molecule has 18 nitrogen and oxygen atoms in total. The van der Waals surface area contributed by atoms with Gasteiger partial charge in [0.1, 0.15) is 12.7 Å². The molecule has 2 N–H and O–H groups in total. The van der Waals surface area contributed by atoms with Crippen LogP contribution in [0, 0.1) is 0 Å². The number of hydrogen-bond donors (Lipinski definition) is 2. The Balaban J connectivity index is 1.90. The van der Waals surface area contributed by atoms with E-state index in [2.05, 4.69) is 14.1 Å². The van der Waals surface area contributed by atoms with Gasteiger partial charge in [-0.05, 0) is 48.5 Å². The lowest BCUT2D eigenvalue weighted by Crippen LogP contribution is -2.45. The van der Waals surface area contributed by atoms with Crippen LogP contribution in [0.1, 0.15) is 48.5 Å². The highest BCUT2D eigenvalue weighted by atomic mass is 32.1. The maximum Gasteiger partial charge on any atom is 0.348 e. The van der Waals surface area contributed by atoms with Gasteiger partial charge in [0, 0.05) is 37.3 Å². The Hall–Kier alpha value is -4.36. The smallest absolute Gasteiger partial charge is 0.348 e. The van der Waals surface area contributed by atoms with Crippen molar-refractivity contribution >= 4 is 53.4 Å². The van der Waals surface area contributed by atoms with Gasteiger partial charge in [0.05, 0.1) is 24.9 Å². The molecule has 19 heteroatoms. The van der Waals surface area contributed by atoms with Gasteiger partial charge in [0.2, 0.25) is 5.82 Å². The second-order valence-corrected chi connectivity index (χ2v) is 12.0. The Labute approximate surface area is 281 Å². The summed E-state index contributed by atoms with van der Waals surface area (Å²) in [6.45, 7) is 13.0. The van der Waals surface area contributed by atoms with Crippen molar-refractivity contribution < 1.29 is 67.0 Å². The molecule has 1 aromatic rings. The van der Waals surface area contributed by atoms with Crippen molar-refractivity contribution in [3.8, 4) is 5.88 Å². The average Bonchev–Trinajstić information content (AvgIpc) is 3.49. The fourth-order valence-electron chi connectivity index (χ4n) is 3.58. The fraction of sp³-hybridized carbons (Fsp3) is 0.655. The molecule has 268 valence electrons. The summed E-state index contributed by atoms with van der Waals surface area (Å²) in [6, 6.07) is 0. The lowest BCUT2D eigenvalue weighted by molar-refractivity contribution is -0.185. The second kappa shape index (κ2) is 18.8. The molecule has 0 aliphatic carbocycles. The first-order chi connectivity index (χ1) is 22.5. The monoisotopic (exact) mass is 702 g/mol. The summed E-state index contributed by atoms with van der Waals surface area (Å²) >= 11 is 0.986. The van der Waals surface area contributed by atoms with Gasteiger partial charge in [-0.15, -0.1) is 4.37 Å². The van der Waals surface area contributed by atoms with Crippen molar-refractivity contribution in [1.29, 1.82) is 0 Å². The van der Waals surface area contributed by atoms with Crippen molar-refractivity contribution in [3.05, 3.63) is 12.2 Å². The minimum absolute atomic E-state index is 0.0836.